The Balaban J connectivity index is 1.19. The Kier molecular flexibility index (Phi) is 4.72. The lowest BCUT2D eigenvalue weighted by molar-refractivity contribution is -0.166. The van der Waals surface area contributed by atoms with Crippen LogP contribution >= 0.6 is 0 Å². The summed E-state index contributed by atoms with van der Waals surface area (Å²) in [6.45, 7) is 4.66. The van der Waals surface area contributed by atoms with E-state index in [2.05, 4.69) is 17.9 Å². The molecule has 5 heteroatoms. The molecule has 0 aromatic rings. The molecule has 0 bridgehead atoms. The van der Waals surface area contributed by atoms with Crippen molar-refractivity contribution in [1.29, 1.82) is 5.26 Å². The number of hydrogen-bond donors (Lipinski definition) is 1. The van der Waals surface area contributed by atoms with E-state index in [9.17, 15) is 15.2 Å². The molecule has 11 atom stereocenters. The van der Waals surface area contributed by atoms with Crippen molar-refractivity contribution in [3.8, 4) is 6.07 Å². The summed E-state index contributed by atoms with van der Waals surface area (Å²) in [5.41, 5.74) is -1.84. The molecule has 1 N–H and O–H groups in total. The van der Waals surface area contributed by atoms with Crippen molar-refractivity contribution < 1.29 is 14.3 Å². The van der Waals surface area contributed by atoms with Gasteiger partial charge in [0.2, 0.25) is 0 Å². The maximum Gasteiger partial charge on any atom is 0.150 e. The summed E-state index contributed by atoms with van der Waals surface area (Å²) in [7, 11) is 0. The number of ketones is 1. The van der Waals surface area contributed by atoms with E-state index >= 15 is 4.39 Å². The maximum absolute atomic E-state index is 16.5. The van der Waals surface area contributed by atoms with Gasteiger partial charge in [0.25, 0.3) is 0 Å². The minimum absolute atomic E-state index is 0.000238. The number of Topliss-reactive ketones (excluding diaryl/α,β-unsaturated/α-hetero) is 1. The Bertz CT molecular complexity index is 853. The van der Waals surface area contributed by atoms with Gasteiger partial charge in [-0.25, -0.2) is 4.39 Å². The molecule has 176 valence electrons. The highest BCUT2D eigenvalue weighted by Gasteiger charge is 2.64. The second kappa shape index (κ2) is 7.01. The van der Waals surface area contributed by atoms with Crippen LogP contribution in [0.3, 0.4) is 0 Å². The van der Waals surface area contributed by atoms with Gasteiger partial charge in [0.15, 0.2) is 5.78 Å². The Morgan fingerprint density at radius 3 is 2.69 bits per heavy atom. The molecule has 0 spiro atoms. The zero-order chi connectivity index (χ0) is 22.5. The third-order valence-electron chi connectivity index (χ3n) is 11.4. The molecule has 0 radical (unpaired) electrons. The highest BCUT2D eigenvalue weighted by Crippen LogP contribution is 2.66. The molecular weight excluding hydrogens is 403 g/mol. The summed E-state index contributed by atoms with van der Waals surface area (Å²) in [4.78, 5) is 15.8. The standard InChI is InChI=1S/C27H39FN2O2/c1-25(32)9-10-27(28)17(13-25)3-4-19-20-5-6-22(26(20,2)8-7-21(19)27)24(31)15-30-18(14-29)11-16-12-23(16)30/h16-23,32H,3-13,15H2,1-2H3/t16-,17+,18+,19-,20-,21?,22+,23+,25+,26-,27+/m0/s1. The van der Waals surface area contributed by atoms with Gasteiger partial charge >= 0.3 is 0 Å². The first-order valence-electron chi connectivity index (χ1n) is 13.3. The summed E-state index contributed by atoms with van der Waals surface area (Å²) in [6, 6.07) is 2.82. The molecule has 5 saturated carbocycles. The number of hydrogen-bond acceptors (Lipinski definition) is 4. The average molecular weight is 443 g/mol. The molecule has 0 amide bonds. The van der Waals surface area contributed by atoms with E-state index in [0.29, 0.717) is 55.4 Å². The first-order valence-corrected chi connectivity index (χ1v) is 13.3. The van der Waals surface area contributed by atoms with Crippen LogP contribution in [0.5, 0.6) is 0 Å². The first kappa shape index (κ1) is 21.5. The van der Waals surface area contributed by atoms with Gasteiger partial charge in [-0.05, 0) is 113 Å². The van der Waals surface area contributed by atoms with Gasteiger partial charge < -0.3 is 5.11 Å². The molecule has 6 rings (SSSR count). The molecule has 1 aliphatic heterocycles. The van der Waals surface area contributed by atoms with Crippen molar-refractivity contribution in [3.05, 3.63) is 0 Å². The van der Waals surface area contributed by atoms with Crippen molar-refractivity contribution in [2.45, 2.75) is 108 Å². The number of rotatable bonds is 3. The fourth-order valence-corrected chi connectivity index (χ4v) is 9.70. The van der Waals surface area contributed by atoms with E-state index in [4.69, 9.17) is 0 Å². The molecule has 6 aliphatic rings. The summed E-state index contributed by atoms with van der Waals surface area (Å²) in [5, 5.41) is 20.1. The van der Waals surface area contributed by atoms with Crippen LogP contribution in [0.2, 0.25) is 0 Å². The second-order valence-corrected chi connectivity index (χ2v) is 13.0. The molecule has 4 nitrogen and oxygen atoms in total. The Hall–Kier alpha value is -0.990. The third kappa shape index (κ3) is 3.01. The molecule has 0 aromatic heterocycles. The van der Waals surface area contributed by atoms with Gasteiger partial charge in [0.05, 0.1) is 24.3 Å². The molecule has 32 heavy (non-hydrogen) atoms. The van der Waals surface area contributed by atoms with Crippen LogP contribution in [0.25, 0.3) is 0 Å². The van der Waals surface area contributed by atoms with Crippen LogP contribution < -0.4 is 0 Å². The predicted molar refractivity (Wildman–Crippen MR) is 119 cm³/mol. The number of nitrogens with zero attached hydrogens (tertiary/aromatic N) is 2. The number of halogens is 1. The molecule has 5 aliphatic carbocycles. The molecule has 1 saturated heterocycles. The number of carbonyl (C=O) groups is 1. The lowest BCUT2D eigenvalue weighted by Crippen LogP contribution is -2.58. The van der Waals surface area contributed by atoms with Crippen molar-refractivity contribution in [2.75, 3.05) is 6.54 Å². The van der Waals surface area contributed by atoms with Gasteiger partial charge in [-0.2, -0.15) is 5.26 Å². The van der Waals surface area contributed by atoms with Crippen molar-refractivity contribution in [3.63, 3.8) is 0 Å². The van der Waals surface area contributed by atoms with E-state index in [-0.39, 0.29) is 29.2 Å². The normalized spacial score (nSPS) is 56.5. The highest BCUT2D eigenvalue weighted by atomic mass is 19.1. The van der Waals surface area contributed by atoms with E-state index < -0.39 is 11.3 Å². The van der Waals surface area contributed by atoms with Gasteiger partial charge in [0, 0.05) is 12.0 Å². The smallest absolute Gasteiger partial charge is 0.150 e. The van der Waals surface area contributed by atoms with E-state index in [1.54, 1.807) is 0 Å². The first-order chi connectivity index (χ1) is 15.2. The Morgan fingerprint density at radius 1 is 1.09 bits per heavy atom. The topological polar surface area (TPSA) is 64.3 Å². The molecule has 1 unspecified atom stereocenters. The maximum atomic E-state index is 16.5. The minimum atomic E-state index is -1.12. The Labute approximate surface area is 191 Å². The second-order valence-electron chi connectivity index (χ2n) is 13.0. The lowest BCUT2D eigenvalue weighted by Gasteiger charge is -2.59. The van der Waals surface area contributed by atoms with Crippen LogP contribution in [0, 0.1) is 52.3 Å². The van der Waals surface area contributed by atoms with Gasteiger partial charge in [-0.1, -0.05) is 6.92 Å². The van der Waals surface area contributed by atoms with E-state index in [1.165, 1.54) is 0 Å². The number of aliphatic hydroxyl groups is 1. The quantitative estimate of drug-likeness (QED) is 0.691. The zero-order valence-electron chi connectivity index (χ0n) is 19.7. The van der Waals surface area contributed by atoms with Crippen molar-refractivity contribution in [1.82, 2.24) is 4.90 Å². The van der Waals surface area contributed by atoms with Crippen LogP contribution in [0.4, 0.5) is 4.39 Å². The summed E-state index contributed by atoms with van der Waals surface area (Å²) in [6.07, 6.45) is 9.58. The number of fused-ring (bicyclic) bond motifs is 6. The largest absolute Gasteiger partial charge is 0.390 e. The lowest BCUT2D eigenvalue weighted by atomic mass is 9.48. The highest BCUT2D eigenvalue weighted by molar-refractivity contribution is 5.84. The van der Waals surface area contributed by atoms with Gasteiger partial charge in [0.1, 0.15) is 5.67 Å². The SMILES string of the molecule is C[C@@]1(O)CC[C@]2(F)C3CC[C@]4(C)[C@@H](C(=O)CN5[C@@H]6C[C@@H]6C[C@@H]5C#N)CC[C@H]4[C@@H]3CC[C@@H]2C1. The van der Waals surface area contributed by atoms with Crippen LogP contribution in [0.1, 0.15) is 84.5 Å². The zero-order valence-corrected chi connectivity index (χ0v) is 19.7. The summed E-state index contributed by atoms with van der Waals surface area (Å²) in [5.74, 6) is 2.01. The molecule has 6 fully saturated rings. The predicted octanol–water partition coefficient (Wildman–Crippen LogP) is 4.65. The number of carbonyl (C=O) groups excluding carboxylic acids is 1. The van der Waals surface area contributed by atoms with E-state index in [1.807, 2.05) is 6.92 Å². The number of likely N-dealkylation sites (tertiary alicyclic amines) is 1. The molecule has 1 heterocycles. The van der Waals surface area contributed by atoms with Crippen LogP contribution in [0.15, 0.2) is 0 Å². The van der Waals surface area contributed by atoms with Crippen LogP contribution in [-0.4, -0.2) is 45.7 Å². The fraction of sp³-hybridized carbons (Fsp3) is 0.926. The number of piperidine rings is 1. The average Bonchev–Trinajstić information content (AvgIpc) is 3.30. The van der Waals surface area contributed by atoms with E-state index in [0.717, 1.165) is 51.4 Å². The molecule has 0 aromatic carbocycles. The summed E-state index contributed by atoms with van der Waals surface area (Å²) < 4.78 is 16.5. The van der Waals surface area contributed by atoms with Crippen molar-refractivity contribution >= 4 is 5.78 Å². The molecular formula is C27H39FN2O2. The van der Waals surface area contributed by atoms with Gasteiger partial charge in [-0.3, -0.25) is 9.69 Å². The Morgan fingerprint density at radius 2 is 1.91 bits per heavy atom. The minimum Gasteiger partial charge on any atom is -0.390 e. The van der Waals surface area contributed by atoms with Crippen LogP contribution in [-0.2, 0) is 4.79 Å². The summed E-state index contributed by atoms with van der Waals surface area (Å²) >= 11 is 0. The van der Waals surface area contributed by atoms with Crippen molar-refractivity contribution in [2.24, 2.45) is 40.9 Å². The fourth-order valence-electron chi connectivity index (χ4n) is 9.70. The number of nitriles is 1. The third-order valence-corrected chi connectivity index (χ3v) is 11.4. The monoisotopic (exact) mass is 442 g/mol. The van der Waals surface area contributed by atoms with Gasteiger partial charge in [-0.15, -0.1) is 0 Å². The number of alkyl halides is 1.